The molecule has 3 heterocycles. The molecule has 0 spiro atoms. The normalized spacial score (nSPS) is 26.4. The third-order valence-electron chi connectivity index (χ3n) is 4.20. The second-order valence-electron chi connectivity index (χ2n) is 6.28. The quantitative estimate of drug-likeness (QED) is 0.877. The van der Waals surface area contributed by atoms with Crippen LogP contribution in [0, 0.1) is 11.8 Å². The van der Waals surface area contributed by atoms with Crippen LogP contribution in [0.5, 0.6) is 0 Å². The second-order valence-corrected chi connectivity index (χ2v) is 6.28. The molecule has 1 aromatic heterocycles. The van der Waals surface area contributed by atoms with Crippen LogP contribution >= 0.6 is 0 Å². The van der Waals surface area contributed by atoms with E-state index in [1.54, 1.807) is 6.33 Å². The predicted octanol–water partition coefficient (Wildman–Crippen LogP) is 0.644. The fraction of sp³-hybridized carbons (Fsp3) is 0.786. The summed E-state index contributed by atoms with van der Waals surface area (Å²) in [5, 5.41) is 7.73. The number of nitrogens with one attached hydrogen (secondary N) is 1. The Morgan fingerprint density at radius 2 is 2.35 bits per heavy atom. The van der Waals surface area contributed by atoms with Gasteiger partial charge in [-0.25, -0.2) is 9.67 Å². The van der Waals surface area contributed by atoms with Gasteiger partial charge in [-0.1, -0.05) is 13.8 Å². The van der Waals surface area contributed by atoms with Gasteiger partial charge in [0.1, 0.15) is 12.2 Å². The molecular formula is C14H23N5O. The van der Waals surface area contributed by atoms with Crippen LogP contribution in [0.4, 0.5) is 0 Å². The Morgan fingerprint density at radius 1 is 1.50 bits per heavy atom. The Morgan fingerprint density at radius 3 is 3.10 bits per heavy atom. The summed E-state index contributed by atoms with van der Waals surface area (Å²) in [6.07, 6.45) is 3.71. The molecule has 0 aromatic carbocycles. The van der Waals surface area contributed by atoms with Gasteiger partial charge in [-0.15, -0.1) is 0 Å². The summed E-state index contributed by atoms with van der Waals surface area (Å²) in [5.41, 5.74) is 0. The molecule has 2 saturated heterocycles. The average Bonchev–Trinajstić information content (AvgIpc) is 2.96. The van der Waals surface area contributed by atoms with E-state index in [2.05, 4.69) is 29.2 Å². The van der Waals surface area contributed by atoms with Crippen molar-refractivity contribution in [2.24, 2.45) is 11.8 Å². The monoisotopic (exact) mass is 277 g/mol. The van der Waals surface area contributed by atoms with Crippen molar-refractivity contribution in [3.63, 3.8) is 0 Å². The summed E-state index contributed by atoms with van der Waals surface area (Å²) in [6.45, 7) is 7.59. The molecule has 1 aromatic rings. The maximum atomic E-state index is 12.4. The van der Waals surface area contributed by atoms with Crippen LogP contribution in [0.1, 0.15) is 32.5 Å². The van der Waals surface area contributed by atoms with E-state index in [0.29, 0.717) is 18.5 Å². The fourth-order valence-corrected chi connectivity index (χ4v) is 3.22. The lowest BCUT2D eigenvalue weighted by Gasteiger charge is -2.23. The smallest absolute Gasteiger partial charge is 0.227 e. The van der Waals surface area contributed by atoms with Gasteiger partial charge in [0.05, 0.1) is 12.5 Å². The number of piperidine rings is 1. The number of fused-ring (bicyclic) bond motifs is 1. The molecule has 3 rings (SSSR count). The first-order valence-electron chi connectivity index (χ1n) is 7.54. The first kappa shape index (κ1) is 13.5. The number of likely N-dealkylation sites (tertiary alicyclic amines) is 1. The van der Waals surface area contributed by atoms with E-state index >= 15 is 0 Å². The van der Waals surface area contributed by atoms with Crippen molar-refractivity contribution in [1.82, 2.24) is 25.0 Å². The minimum absolute atomic E-state index is 0.172. The van der Waals surface area contributed by atoms with Crippen LogP contribution in [0.2, 0.25) is 0 Å². The van der Waals surface area contributed by atoms with E-state index in [1.807, 2.05) is 9.58 Å². The number of hydrogen-bond donors (Lipinski definition) is 1. The molecule has 110 valence electrons. The lowest BCUT2D eigenvalue weighted by atomic mass is 9.94. The van der Waals surface area contributed by atoms with Gasteiger partial charge < -0.3 is 10.2 Å². The van der Waals surface area contributed by atoms with Crippen molar-refractivity contribution in [2.75, 3.05) is 13.1 Å². The lowest BCUT2D eigenvalue weighted by Crippen LogP contribution is -2.41. The molecular weight excluding hydrogens is 254 g/mol. The molecule has 0 saturated carbocycles. The third-order valence-corrected chi connectivity index (χ3v) is 4.20. The minimum atomic E-state index is 0.172. The highest BCUT2D eigenvalue weighted by Gasteiger charge is 2.41. The summed E-state index contributed by atoms with van der Waals surface area (Å²) in [7, 11) is 0. The van der Waals surface area contributed by atoms with E-state index in [1.165, 1.54) is 0 Å². The molecule has 6 nitrogen and oxygen atoms in total. The van der Waals surface area contributed by atoms with Crippen molar-refractivity contribution >= 4 is 5.91 Å². The van der Waals surface area contributed by atoms with Crippen molar-refractivity contribution < 1.29 is 4.79 Å². The maximum Gasteiger partial charge on any atom is 0.227 e. The first-order valence-corrected chi connectivity index (χ1v) is 7.54. The van der Waals surface area contributed by atoms with Crippen molar-refractivity contribution in [3.8, 4) is 0 Å². The Labute approximate surface area is 119 Å². The van der Waals surface area contributed by atoms with Gasteiger partial charge in [-0.3, -0.25) is 4.79 Å². The summed E-state index contributed by atoms with van der Waals surface area (Å²) >= 11 is 0. The zero-order valence-corrected chi connectivity index (χ0v) is 12.2. The highest BCUT2D eigenvalue weighted by molar-refractivity contribution is 5.82. The number of nitrogens with zero attached hydrogens (tertiary/aromatic N) is 4. The zero-order valence-electron chi connectivity index (χ0n) is 12.2. The average molecular weight is 277 g/mol. The molecule has 0 radical (unpaired) electrons. The van der Waals surface area contributed by atoms with Gasteiger partial charge in [0, 0.05) is 19.1 Å². The van der Waals surface area contributed by atoms with Crippen LogP contribution in [-0.4, -0.2) is 44.7 Å². The number of hydrogen-bond acceptors (Lipinski definition) is 4. The van der Waals surface area contributed by atoms with Crippen LogP contribution in [0.3, 0.4) is 0 Å². The topological polar surface area (TPSA) is 63.1 Å². The highest BCUT2D eigenvalue weighted by Crippen LogP contribution is 2.27. The number of rotatable bonds is 4. The number of amides is 1. The summed E-state index contributed by atoms with van der Waals surface area (Å²) in [6, 6.07) is 0.331. The highest BCUT2D eigenvalue weighted by atomic mass is 16.2. The summed E-state index contributed by atoms with van der Waals surface area (Å²) < 4.78 is 1.92. The molecule has 2 aliphatic rings. The van der Waals surface area contributed by atoms with Gasteiger partial charge in [-0.05, 0) is 25.3 Å². The Kier molecular flexibility index (Phi) is 3.74. The number of aromatic nitrogens is 3. The van der Waals surface area contributed by atoms with Crippen LogP contribution in [0.15, 0.2) is 6.33 Å². The predicted molar refractivity (Wildman–Crippen MR) is 74.8 cm³/mol. The van der Waals surface area contributed by atoms with Crippen LogP contribution in [0.25, 0.3) is 0 Å². The SMILES string of the molecule is CC(C)Cn1ncnc1CN1CC2NCCCC2C1=O. The van der Waals surface area contributed by atoms with E-state index in [-0.39, 0.29) is 11.8 Å². The van der Waals surface area contributed by atoms with E-state index in [0.717, 1.165) is 38.3 Å². The van der Waals surface area contributed by atoms with Crippen molar-refractivity contribution in [2.45, 2.75) is 45.8 Å². The molecule has 0 bridgehead atoms. The lowest BCUT2D eigenvalue weighted by molar-refractivity contribution is -0.132. The van der Waals surface area contributed by atoms with Crippen LogP contribution < -0.4 is 5.32 Å². The summed E-state index contributed by atoms with van der Waals surface area (Å²) in [5.74, 6) is 1.87. The minimum Gasteiger partial charge on any atom is -0.333 e. The molecule has 6 heteroatoms. The van der Waals surface area contributed by atoms with Gasteiger partial charge in [0.25, 0.3) is 0 Å². The molecule has 2 fully saturated rings. The number of carbonyl (C=O) groups is 1. The molecule has 2 unspecified atom stereocenters. The van der Waals surface area contributed by atoms with E-state index in [4.69, 9.17) is 0 Å². The van der Waals surface area contributed by atoms with Gasteiger partial charge in [0.2, 0.25) is 5.91 Å². The fourth-order valence-electron chi connectivity index (χ4n) is 3.22. The molecule has 2 aliphatic heterocycles. The molecule has 1 amide bonds. The van der Waals surface area contributed by atoms with E-state index < -0.39 is 0 Å². The molecule has 2 atom stereocenters. The zero-order chi connectivity index (χ0) is 14.1. The molecule has 1 N–H and O–H groups in total. The van der Waals surface area contributed by atoms with E-state index in [9.17, 15) is 4.79 Å². The standard InChI is InChI=1S/C14H23N5O/c1-10(2)6-19-13(16-9-17-19)8-18-7-12-11(14(18)20)4-3-5-15-12/h9-12,15H,3-8H2,1-2H3. The Bertz CT molecular complexity index is 484. The van der Waals surface area contributed by atoms with Crippen LogP contribution in [-0.2, 0) is 17.9 Å². The largest absolute Gasteiger partial charge is 0.333 e. The number of carbonyl (C=O) groups excluding carboxylic acids is 1. The Hall–Kier alpha value is -1.43. The second kappa shape index (κ2) is 5.52. The van der Waals surface area contributed by atoms with Gasteiger partial charge in [0.15, 0.2) is 0 Å². The summed E-state index contributed by atoms with van der Waals surface area (Å²) in [4.78, 5) is 18.7. The third kappa shape index (κ3) is 2.57. The first-order chi connectivity index (χ1) is 9.65. The maximum absolute atomic E-state index is 12.4. The van der Waals surface area contributed by atoms with Crippen molar-refractivity contribution in [3.05, 3.63) is 12.2 Å². The van der Waals surface area contributed by atoms with Gasteiger partial charge >= 0.3 is 0 Å². The van der Waals surface area contributed by atoms with Crippen molar-refractivity contribution in [1.29, 1.82) is 0 Å². The molecule has 20 heavy (non-hydrogen) atoms. The Balaban J connectivity index is 1.69. The van der Waals surface area contributed by atoms with Gasteiger partial charge in [-0.2, -0.15) is 5.10 Å². The molecule has 0 aliphatic carbocycles.